The molecule has 3 N–H and O–H groups in total. The van der Waals surface area contributed by atoms with Crippen molar-refractivity contribution in [1.82, 2.24) is 0 Å². The molecule has 0 aliphatic heterocycles. The number of benzene rings is 4. The molecule has 0 aromatic heterocycles. The van der Waals surface area contributed by atoms with E-state index >= 15 is 0 Å². The molecule has 0 bridgehead atoms. The van der Waals surface area contributed by atoms with Gasteiger partial charge in [0.15, 0.2) is 0 Å². The predicted octanol–water partition coefficient (Wildman–Crippen LogP) is 5.36. The number of nitrogens with two attached hydrogens (primary N) is 1. The van der Waals surface area contributed by atoms with Crippen LogP contribution >= 0.6 is 0 Å². The number of hydrogen-bond acceptors (Lipinski definition) is 2. The Balaban J connectivity index is 1.68. The van der Waals surface area contributed by atoms with Gasteiger partial charge in [0.1, 0.15) is 0 Å². The molecule has 0 fully saturated rings. The normalized spacial score (nSPS) is 11.8. The molecule has 4 aromatic carbocycles. The first-order valence-electron chi connectivity index (χ1n) is 8.25. The standard InChI is InChI=1S/C23H18N2/c24-22(20-11-9-16-5-1-3-7-18(16)13-20)15-23(25)21-12-10-17-6-2-4-8-19(17)14-21/h1-15,24H,25H2. The van der Waals surface area contributed by atoms with Gasteiger partial charge in [-0.1, -0.05) is 72.8 Å². The van der Waals surface area contributed by atoms with E-state index in [2.05, 4.69) is 36.4 Å². The Morgan fingerprint density at radius 3 is 1.72 bits per heavy atom. The Hall–Kier alpha value is -3.39. The van der Waals surface area contributed by atoms with Crippen LogP contribution in [0, 0.1) is 5.41 Å². The van der Waals surface area contributed by atoms with Crippen molar-refractivity contribution in [2.75, 3.05) is 0 Å². The third-order valence-corrected chi connectivity index (χ3v) is 4.44. The topological polar surface area (TPSA) is 49.9 Å². The van der Waals surface area contributed by atoms with Gasteiger partial charge in [0.05, 0.1) is 5.71 Å². The molecule has 0 unspecified atom stereocenters. The maximum atomic E-state index is 8.39. The minimum Gasteiger partial charge on any atom is -0.398 e. The van der Waals surface area contributed by atoms with Crippen molar-refractivity contribution < 1.29 is 0 Å². The summed E-state index contributed by atoms with van der Waals surface area (Å²) in [6.07, 6.45) is 1.73. The molecule has 0 spiro atoms. The summed E-state index contributed by atoms with van der Waals surface area (Å²) in [5.74, 6) is 0. The molecule has 4 aromatic rings. The number of nitrogens with one attached hydrogen (secondary N) is 1. The van der Waals surface area contributed by atoms with E-state index in [9.17, 15) is 0 Å². The summed E-state index contributed by atoms with van der Waals surface area (Å²) in [7, 11) is 0. The second-order valence-electron chi connectivity index (χ2n) is 6.14. The molecule has 2 nitrogen and oxygen atoms in total. The Labute approximate surface area is 146 Å². The average Bonchev–Trinajstić information content (AvgIpc) is 2.67. The summed E-state index contributed by atoms with van der Waals surface area (Å²) in [6.45, 7) is 0. The largest absolute Gasteiger partial charge is 0.398 e. The number of fused-ring (bicyclic) bond motifs is 2. The van der Waals surface area contributed by atoms with Crippen molar-refractivity contribution in [2.24, 2.45) is 5.73 Å². The summed E-state index contributed by atoms with van der Waals surface area (Å²) in [5.41, 5.74) is 9.07. The molecular formula is C23H18N2. The maximum absolute atomic E-state index is 8.39. The van der Waals surface area contributed by atoms with Gasteiger partial charge in [0.25, 0.3) is 0 Å². The van der Waals surface area contributed by atoms with Crippen molar-refractivity contribution in [3.05, 3.63) is 102 Å². The number of rotatable bonds is 3. The summed E-state index contributed by atoms with van der Waals surface area (Å²) < 4.78 is 0. The van der Waals surface area contributed by atoms with Gasteiger partial charge in [-0.15, -0.1) is 0 Å². The fourth-order valence-electron chi connectivity index (χ4n) is 3.05. The smallest absolute Gasteiger partial charge is 0.0633 e. The average molecular weight is 322 g/mol. The molecule has 0 saturated carbocycles. The Morgan fingerprint density at radius 2 is 1.12 bits per heavy atom. The van der Waals surface area contributed by atoms with Crippen LogP contribution in [0.1, 0.15) is 11.1 Å². The molecule has 0 aliphatic rings. The zero-order valence-electron chi connectivity index (χ0n) is 13.7. The van der Waals surface area contributed by atoms with Gasteiger partial charge in [0.2, 0.25) is 0 Å². The van der Waals surface area contributed by atoms with Crippen LogP contribution < -0.4 is 5.73 Å². The van der Waals surface area contributed by atoms with Crippen LogP contribution in [-0.2, 0) is 0 Å². The summed E-state index contributed by atoms with van der Waals surface area (Å²) >= 11 is 0. The van der Waals surface area contributed by atoms with E-state index in [-0.39, 0.29) is 0 Å². The highest BCUT2D eigenvalue weighted by Crippen LogP contribution is 2.20. The van der Waals surface area contributed by atoms with E-state index < -0.39 is 0 Å². The number of allylic oxidation sites excluding steroid dienone is 1. The molecule has 0 saturated heterocycles. The summed E-state index contributed by atoms with van der Waals surface area (Å²) in [5, 5.41) is 13.0. The van der Waals surface area contributed by atoms with Crippen LogP contribution in [0.3, 0.4) is 0 Å². The van der Waals surface area contributed by atoms with E-state index in [0.29, 0.717) is 11.4 Å². The fourth-order valence-corrected chi connectivity index (χ4v) is 3.05. The third-order valence-electron chi connectivity index (χ3n) is 4.44. The fraction of sp³-hybridized carbons (Fsp3) is 0. The van der Waals surface area contributed by atoms with E-state index in [1.165, 1.54) is 10.8 Å². The van der Waals surface area contributed by atoms with Crippen molar-refractivity contribution in [2.45, 2.75) is 0 Å². The maximum Gasteiger partial charge on any atom is 0.0633 e. The third kappa shape index (κ3) is 3.02. The van der Waals surface area contributed by atoms with Crippen LogP contribution in [0.2, 0.25) is 0 Å². The van der Waals surface area contributed by atoms with E-state index in [1.54, 1.807) is 6.08 Å². The first-order chi connectivity index (χ1) is 12.2. The summed E-state index contributed by atoms with van der Waals surface area (Å²) in [6, 6.07) is 28.5. The lowest BCUT2D eigenvalue weighted by Crippen LogP contribution is -2.02. The van der Waals surface area contributed by atoms with Gasteiger partial charge in [-0.2, -0.15) is 0 Å². The van der Waals surface area contributed by atoms with Crippen LogP contribution in [0.5, 0.6) is 0 Å². The van der Waals surface area contributed by atoms with Gasteiger partial charge in [0, 0.05) is 11.3 Å². The molecular weight excluding hydrogens is 304 g/mol. The zero-order valence-corrected chi connectivity index (χ0v) is 13.7. The van der Waals surface area contributed by atoms with Gasteiger partial charge in [-0.05, 0) is 45.3 Å². The number of hydrogen-bond donors (Lipinski definition) is 2. The van der Waals surface area contributed by atoms with Crippen molar-refractivity contribution in [3.8, 4) is 0 Å². The second-order valence-corrected chi connectivity index (χ2v) is 6.14. The second kappa shape index (κ2) is 6.25. The highest BCUT2D eigenvalue weighted by molar-refractivity contribution is 6.11. The van der Waals surface area contributed by atoms with Crippen molar-refractivity contribution >= 4 is 33.0 Å². The zero-order chi connectivity index (χ0) is 17.2. The lowest BCUT2D eigenvalue weighted by Gasteiger charge is -2.06. The Bertz CT molecular complexity index is 1120. The van der Waals surface area contributed by atoms with Gasteiger partial charge >= 0.3 is 0 Å². The minimum atomic E-state index is 0.413. The molecule has 0 amide bonds. The quantitative estimate of drug-likeness (QED) is 0.490. The Kier molecular flexibility index (Phi) is 3.79. The van der Waals surface area contributed by atoms with Gasteiger partial charge in [-0.25, -0.2) is 0 Å². The highest BCUT2D eigenvalue weighted by atomic mass is 14.6. The van der Waals surface area contributed by atoms with Crippen molar-refractivity contribution in [3.63, 3.8) is 0 Å². The van der Waals surface area contributed by atoms with E-state index in [0.717, 1.165) is 21.9 Å². The van der Waals surface area contributed by atoms with Crippen LogP contribution in [0.15, 0.2) is 91.0 Å². The SMILES string of the molecule is N=C(C=C(N)c1ccc2ccccc2c1)c1ccc2ccccc2c1. The minimum absolute atomic E-state index is 0.413. The first-order valence-corrected chi connectivity index (χ1v) is 8.25. The summed E-state index contributed by atoms with van der Waals surface area (Å²) in [4.78, 5) is 0. The van der Waals surface area contributed by atoms with Crippen LogP contribution in [0.4, 0.5) is 0 Å². The van der Waals surface area contributed by atoms with E-state index in [4.69, 9.17) is 11.1 Å². The first kappa shape index (κ1) is 15.2. The van der Waals surface area contributed by atoms with Crippen LogP contribution in [-0.4, -0.2) is 5.71 Å². The molecule has 0 radical (unpaired) electrons. The monoisotopic (exact) mass is 322 g/mol. The van der Waals surface area contributed by atoms with Gasteiger partial charge in [-0.3, -0.25) is 0 Å². The molecule has 4 rings (SSSR count). The van der Waals surface area contributed by atoms with Gasteiger partial charge < -0.3 is 11.1 Å². The lowest BCUT2D eigenvalue weighted by atomic mass is 10.0. The predicted molar refractivity (Wildman–Crippen MR) is 107 cm³/mol. The van der Waals surface area contributed by atoms with Crippen molar-refractivity contribution in [1.29, 1.82) is 5.41 Å². The molecule has 25 heavy (non-hydrogen) atoms. The molecule has 0 aliphatic carbocycles. The lowest BCUT2D eigenvalue weighted by molar-refractivity contribution is 1.48. The van der Waals surface area contributed by atoms with E-state index in [1.807, 2.05) is 48.5 Å². The molecule has 0 heterocycles. The molecule has 120 valence electrons. The Morgan fingerprint density at radius 1 is 0.640 bits per heavy atom. The molecule has 2 heteroatoms. The molecule has 0 atom stereocenters. The highest BCUT2D eigenvalue weighted by Gasteiger charge is 2.04. The van der Waals surface area contributed by atoms with Crippen LogP contribution in [0.25, 0.3) is 27.2 Å².